The van der Waals surface area contributed by atoms with Crippen LogP contribution in [0.1, 0.15) is 142 Å². The van der Waals surface area contributed by atoms with E-state index in [1.54, 1.807) is 12.2 Å². The molecule has 0 amide bonds. The van der Waals surface area contributed by atoms with Crippen LogP contribution >= 0.6 is 15.6 Å². The van der Waals surface area contributed by atoms with Crippen molar-refractivity contribution < 1.29 is 71.4 Å². The topological polar surface area (TPSA) is 286 Å². The maximum Gasteiger partial charge on any atom is 0.481 e. The van der Waals surface area contributed by atoms with Crippen LogP contribution in [0.3, 0.4) is 0 Å². The van der Waals surface area contributed by atoms with E-state index in [1.165, 1.54) is 25.3 Å². The van der Waals surface area contributed by atoms with Gasteiger partial charge < -0.3 is 45.1 Å². The fourth-order valence-electron chi connectivity index (χ4n) is 6.79. The van der Waals surface area contributed by atoms with Crippen LogP contribution < -0.4 is 11.4 Å². The lowest BCUT2D eigenvalue weighted by molar-refractivity contribution is -0.161. The van der Waals surface area contributed by atoms with Gasteiger partial charge in [0.05, 0.1) is 19.3 Å². The summed E-state index contributed by atoms with van der Waals surface area (Å²) in [7, 11) is -10.9. The van der Waals surface area contributed by atoms with Gasteiger partial charge in [-0.25, -0.2) is 13.9 Å². The van der Waals surface area contributed by atoms with Gasteiger partial charge in [0, 0.05) is 19.0 Å². The second-order valence-electron chi connectivity index (χ2n) is 17.1. The van der Waals surface area contributed by atoms with E-state index < -0.39 is 89.8 Å². The van der Waals surface area contributed by atoms with Crippen molar-refractivity contribution in [3.8, 4) is 0 Å². The molecule has 0 aromatic carbocycles. The Labute approximate surface area is 431 Å². The summed E-state index contributed by atoms with van der Waals surface area (Å²) in [6.45, 7) is 1.84. The zero-order valence-corrected chi connectivity index (χ0v) is 44.3. The van der Waals surface area contributed by atoms with Crippen molar-refractivity contribution in [2.24, 2.45) is 0 Å². The lowest BCUT2D eigenvalue weighted by Crippen LogP contribution is -2.36. The van der Waals surface area contributed by atoms with E-state index in [-0.39, 0.29) is 18.7 Å². The number of nitrogen functional groups attached to an aromatic ring is 1. The predicted molar refractivity (Wildman–Crippen MR) is 281 cm³/mol. The minimum Gasteiger partial charge on any atom is -0.462 e. The molecule has 0 saturated carbocycles. The number of hydrogen-bond donors (Lipinski definition) is 6. The van der Waals surface area contributed by atoms with E-state index in [0.717, 1.165) is 68.6 Å². The molecule has 1 aromatic heterocycles. The Morgan fingerprint density at radius 1 is 0.740 bits per heavy atom. The van der Waals surface area contributed by atoms with Crippen molar-refractivity contribution in [1.82, 2.24) is 9.55 Å². The zero-order chi connectivity index (χ0) is 53.6. The molecule has 8 atom stereocenters. The van der Waals surface area contributed by atoms with E-state index >= 15 is 0 Å². The van der Waals surface area contributed by atoms with E-state index in [4.69, 9.17) is 29.0 Å². The van der Waals surface area contributed by atoms with E-state index in [0.29, 0.717) is 32.1 Å². The number of esters is 2. The average molecular weight is 1070 g/mol. The van der Waals surface area contributed by atoms with Crippen LogP contribution in [-0.4, -0.2) is 96.9 Å². The third-order valence-electron chi connectivity index (χ3n) is 10.7. The van der Waals surface area contributed by atoms with Gasteiger partial charge in [-0.15, -0.1) is 0 Å². The average Bonchev–Trinajstić information content (AvgIpc) is 3.62. The van der Waals surface area contributed by atoms with E-state index in [1.807, 2.05) is 36.5 Å². The number of aliphatic hydroxyl groups is 3. The number of carbonyl (C=O) groups excluding carboxylic acids is 2. The summed E-state index contributed by atoms with van der Waals surface area (Å²) in [5.74, 6) is -1.45. The third-order valence-corrected chi connectivity index (χ3v) is 13.3. The van der Waals surface area contributed by atoms with E-state index in [9.17, 15) is 48.6 Å². The molecule has 0 aliphatic carbocycles. The molecule has 2 rings (SSSR count). The molecule has 1 aliphatic rings. The number of nitrogens with zero attached hydrogens (tertiary/aromatic N) is 2. The number of anilines is 1. The summed E-state index contributed by atoms with van der Waals surface area (Å²) < 4.78 is 56.6. The summed E-state index contributed by atoms with van der Waals surface area (Å²) in [4.78, 5) is 61.9. The zero-order valence-electron chi connectivity index (χ0n) is 42.5. The van der Waals surface area contributed by atoms with Crippen molar-refractivity contribution >= 4 is 33.4 Å². The van der Waals surface area contributed by atoms with Gasteiger partial charge in [0.1, 0.15) is 30.7 Å². The Bertz CT molecular complexity index is 2120. The molecule has 0 bridgehead atoms. The number of nitrogens with two attached hydrogens (primary N) is 1. The maximum atomic E-state index is 12.9. The van der Waals surface area contributed by atoms with Gasteiger partial charge in [-0.2, -0.15) is 9.29 Å². The van der Waals surface area contributed by atoms with Crippen LogP contribution in [0.25, 0.3) is 0 Å². The Morgan fingerprint density at radius 3 is 2.00 bits per heavy atom. The Morgan fingerprint density at radius 2 is 1.33 bits per heavy atom. The van der Waals surface area contributed by atoms with Gasteiger partial charge in [0.15, 0.2) is 12.3 Å². The molecule has 410 valence electrons. The van der Waals surface area contributed by atoms with Gasteiger partial charge in [-0.3, -0.25) is 23.2 Å². The minimum absolute atomic E-state index is 0.00579. The normalized spacial score (nSPS) is 20.2. The standard InChI is InChI=1S/C52H81N3O16P2/c1-3-5-7-9-11-12-13-14-15-16-17-18-19-20-25-29-33-37-48(58)69-44(40-66-47(57)36-32-28-24-22-21-23-27-31-35-43(56)34-30-26-10-8-6-4-2)41-67-72(62,63)71-73(64,65)68-42-45-49(59)50(60)51(70-45)55-39-38-46(53)54-52(55)61/h6,8,11-12,14-15,17-18,22-24,26-27,30-31,35,38-39,43-45,49-51,56,59-60H,3-5,7,9-10,13,16,19-21,25,28-29,32-34,36-37,40-42H2,1-2H3,(H,62,63)(H,64,65)(H2,53,54,61)/b8-6-,12-11-,15-14-,18-17-,24-22-,27-23-,30-26-,35-31+/t43?,44-,45-,49-,50-,51-/m1/s1. The Hall–Kier alpha value is -4.36. The summed E-state index contributed by atoms with van der Waals surface area (Å²) in [5.41, 5.74) is 4.57. The van der Waals surface area contributed by atoms with Gasteiger partial charge in [-0.05, 0) is 89.5 Å². The number of carbonyl (C=O) groups is 2. The van der Waals surface area contributed by atoms with Crippen LogP contribution in [0.15, 0.2) is 114 Å². The molecule has 1 saturated heterocycles. The number of ether oxygens (including phenoxy) is 3. The minimum atomic E-state index is -5.46. The van der Waals surface area contributed by atoms with Crippen LogP contribution in [0.2, 0.25) is 0 Å². The molecule has 0 radical (unpaired) electrons. The first-order valence-electron chi connectivity index (χ1n) is 25.4. The SMILES string of the molecule is CC/C=C\C/C=C\CC(O)/C=C/C=C\C/C=C\CCCC(=O)OC[C@H](COP(=O)(O)OP(=O)(O)OC[C@H]1O[C@@H](n2ccc(N)nc2=O)[C@H](O)[C@@H]1O)OC(=O)CCCCCC/C=C\C/C=C\C/C=C\CCCCC. The third kappa shape index (κ3) is 31.9. The van der Waals surface area contributed by atoms with Crippen LogP contribution in [0.4, 0.5) is 5.82 Å². The van der Waals surface area contributed by atoms with Crippen molar-refractivity contribution in [2.45, 2.75) is 173 Å². The van der Waals surface area contributed by atoms with Gasteiger partial charge in [0.25, 0.3) is 0 Å². The predicted octanol–water partition coefficient (Wildman–Crippen LogP) is 9.41. The molecule has 1 aliphatic heterocycles. The largest absolute Gasteiger partial charge is 0.481 e. The smallest absolute Gasteiger partial charge is 0.462 e. The lowest BCUT2D eigenvalue weighted by atomic mass is 10.1. The highest BCUT2D eigenvalue weighted by Gasteiger charge is 2.46. The molecule has 3 unspecified atom stereocenters. The number of phosphoric acid groups is 2. The number of unbranched alkanes of at least 4 members (excludes halogenated alkanes) is 8. The number of aromatic nitrogens is 2. The number of rotatable bonds is 40. The highest BCUT2D eigenvalue weighted by atomic mass is 31.3. The highest BCUT2D eigenvalue weighted by molar-refractivity contribution is 7.61. The Kier molecular flexibility index (Phi) is 34.7. The first kappa shape index (κ1) is 64.8. The number of allylic oxidation sites excluding steroid dienone is 14. The molecule has 7 N–H and O–H groups in total. The van der Waals surface area contributed by atoms with E-state index in [2.05, 4.69) is 71.8 Å². The second kappa shape index (κ2) is 39.1. The molecule has 0 spiro atoms. The number of aliphatic hydroxyl groups excluding tert-OH is 3. The van der Waals surface area contributed by atoms with Gasteiger partial charge >= 0.3 is 33.3 Å². The van der Waals surface area contributed by atoms with Crippen LogP contribution in [0.5, 0.6) is 0 Å². The van der Waals surface area contributed by atoms with Crippen LogP contribution in [-0.2, 0) is 46.3 Å². The molecule has 73 heavy (non-hydrogen) atoms. The molecule has 1 fully saturated rings. The van der Waals surface area contributed by atoms with Gasteiger partial charge in [0.2, 0.25) is 0 Å². The Balaban J connectivity index is 1.86. The molecule has 19 nitrogen and oxygen atoms in total. The monoisotopic (exact) mass is 1070 g/mol. The molecule has 21 heteroatoms. The number of phosphoric ester groups is 2. The first-order valence-corrected chi connectivity index (χ1v) is 28.3. The van der Waals surface area contributed by atoms with Crippen molar-refractivity contribution in [2.75, 3.05) is 25.6 Å². The lowest BCUT2D eigenvalue weighted by Gasteiger charge is -2.21. The first-order chi connectivity index (χ1) is 35.1. The fourth-order valence-corrected chi connectivity index (χ4v) is 8.90. The summed E-state index contributed by atoms with van der Waals surface area (Å²) in [6, 6.07) is 1.24. The van der Waals surface area contributed by atoms with Crippen molar-refractivity contribution in [3.63, 3.8) is 0 Å². The second-order valence-corrected chi connectivity index (χ2v) is 20.2. The molecule has 2 heterocycles. The van der Waals surface area contributed by atoms with Crippen molar-refractivity contribution in [1.29, 1.82) is 0 Å². The quantitative estimate of drug-likeness (QED) is 0.0117. The van der Waals surface area contributed by atoms with Gasteiger partial charge in [-0.1, -0.05) is 137 Å². The van der Waals surface area contributed by atoms with Crippen LogP contribution in [0, 0.1) is 0 Å². The summed E-state index contributed by atoms with van der Waals surface area (Å²) in [6.07, 6.45) is 39.5. The summed E-state index contributed by atoms with van der Waals surface area (Å²) >= 11 is 0. The highest BCUT2D eigenvalue weighted by Crippen LogP contribution is 2.60. The summed E-state index contributed by atoms with van der Waals surface area (Å²) in [5, 5.41) is 31.0. The maximum absolute atomic E-state index is 12.9. The van der Waals surface area contributed by atoms with Crippen molar-refractivity contribution in [3.05, 3.63) is 120 Å². The molecular formula is C52H81N3O16P2. The fraction of sp³-hybridized carbons (Fsp3) is 0.577. The molecule has 1 aromatic rings. The number of hydrogen-bond acceptors (Lipinski definition) is 16. The molecular weight excluding hydrogens is 985 g/mol.